The van der Waals surface area contributed by atoms with E-state index in [4.69, 9.17) is 4.74 Å². The van der Waals surface area contributed by atoms with Gasteiger partial charge in [0.15, 0.2) is 0 Å². The molecule has 2 saturated carbocycles. The lowest BCUT2D eigenvalue weighted by molar-refractivity contribution is -0.157. The summed E-state index contributed by atoms with van der Waals surface area (Å²) in [4.78, 5) is 12.6. The maximum Gasteiger partial charge on any atom is 0.309 e. The maximum atomic E-state index is 12.6. The number of hydrogen-bond donors (Lipinski definition) is 1. The Labute approximate surface area is 168 Å². The summed E-state index contributed by atoms with van der Waals surface area (Å²) < 4.78 is 5.91. The maximum absolute atomic E-state index is 12.6. The Morgan fingerprint density at radius 3 is 2.15 bits per heavy atom. The minimum atomic E-state index is 0.103. The van der Waals surface area contributed by atoms with Crippen LogP contribution in [0.1, 0.15) is 117 Å². The molecule has 3 nitrogen and oxygen atoms in total. The molecular formula is C24H45NO2. The number of rotatable bonds is 12. The highest BCUT2D eigenvalue weighted by Crippen LogP contribution is 2.32. The predicted molar refractivity (Wildman–Crippen MR) is 114 cm³/mol. The summed E-state index contributed by atoms with van der Waals surface area (Å²) in [6.45, 7) is 5.67. The second-order valence-corrected chi connectivity index (χ2v) is 9.14. The first-order valence-electron chi connectivity index (χ1n) is 12.2. The fraction of sp³-hybridized carbons (Fsp3) is 0.958. The van der Waals surface area contributed by atoms with Crippen LogP contribution in [0.25, 0.3) is 0 Å². The zero-order chi connectivity index (χ0) is 19.3. The van der Waals surface area contributed by atoms with Crippen LogP contribution in [0.2, 0.25) is 0 Å². The molecule has 2 aliphatic rings. The second-order valence-electron chi connectivity index (χ2n) is 9.14. The van der Waals surface area contributed by atoms with E-state index in [-0.39, 0.29) is 18.0 Å². The molecule has 0 radical (unpaired) electrons. The number of nitrogens with one attached hydrogen (secondary N) is 1. The Kier molecular flexibility index (Phi) is 11.4. The third kappa shape index (κ3) is 8.98. The molecule has 0 unspecified atom stereocenters. The minimum absolute atomic E-state index is 0.103. The number of esters is 1. The lowest BCUT2D eigenvalue weighted by Gasteiger charge is -2.32. The minimum Gasteiger partial charge on any atom is -0.462 e. The molecule has 1 N–H and O–H groups in total. The van der Waals surface area contributed by atoms with Crippen molar-refractivity contribution in [3.8, 4) is 0 Å². The quantitative estimate of drug-likeness (QED) is 0.315. The van der Waals surface area contributed by atoms with Gasteiger partial charge in [0.25, 0.3) is 0 Å². The van der Waals surface area contributed by atoms with Crippen molar-refractivity contribution in [2.24, 2.45) is 11.8 Å². The largest absolute Gasteiger partial charge is 0.462 e. The number of ether oxygens (including phenoxy) is 1. The van der Waals surface area contributed by atoms with Gasteiger partial charge >= 0.3 is 5.97 Å². The average Bonchev–Trinajstić information content (AvgIpc) is 2.70. The Morgan fingerprint density at radius 2 is 1.48 bits per heavy atom. The first-order chi connectivity index (χ1) is 13.2. The highest BCUT2D eigenvalue weighted by molar-refractivity contribution is 5.72. The molecule has 27 heavy (non-hydrogen) atoms. The van der Waals surface area contributed by atoms with E-state index in [0.29, 0.717) is 6.04 Å². The highest BCUT2D eigenvalue weighted by Gasteiger charge is 2.30. The predicted octanol–water partition coefficient (Wildman–Crippen LogP) is 6.40. The average molecular weight is 380 g/mol. The first kappa shape index (κ1) is 22.7. The van der Waals surface area contributed by atoms with Crippen LogP contribution < -0.4 is 5.32 Å². The summed E-state index contributed by atoms with van der Waals surface area (Å²) in [5, 5.41) is 3.69. The van der Waals surface area contributed by atoms with Crippen LogP contribution in [0.15, 0.2) is 0 Å². The molecule has 0 saturated heterocycles. The second kappa shape index (κ2) is 13.6. The molecular weight excluding hydrogens is 334 g/mol. The van der Waals surface area contributed by atoms with Crippen LogP contribution in [-0.2, 0) is 9.53 Å². The van der Waals surface area contributed by atoms with Gasteiger partial charge in [-0.3, -0.25) is 4.79 Å². The van der Waals surface area contributed by atoms with Crippen molar-refractivity contribution in [1.29, 1.82) is 0 Å². The molecule has 0 heterocycles. The lowest BCUT2D eigenvalue weighted by Crippen LogP contribution is -2.37. The first-order valence-corrected chi connectivity index (χ1v) is 12.2. The van der Waals surface area contributed by atoms with Crippen molar-refractivity contribution in [2.75, 3.05) is 6.54 Å². The van der Waals surface area contributed by atoms with Gasteiger partial charge in [0, 0.05) is 6.04 Å². The molecule has 0 spiro atoms. The molecule has 2 fully saturated rings. The van der Waals surface area contributed by atoms with Crippen LogP contribution in [0.5, 0.6) is 0 Å². The fourth-order valence-corrected chi connectivity index (χ4v) is 4.87. The molecule has 0 aromatic rings. The molecule has 0 aliphatic heterocycles. The third-order valence-electron chi connectivity index (χ3n) is 6.82. The fourth-order valence-electron chi connectivity index (χ4n) is 4.87. The smallest absolute Gasteiger partial charge is 0.309 e. The summed E-state index contributed by atoms with van der Waals surface area (Å²) >= 11 is 0. The summed E-state index contributed by atoms with van der Waals surface area (Å²) in [6, 6.07) is 0.620. The Hall–Kier alpha value is -0.570. The van der Waals surface area contributed by atoms with Crippen LogP contribution in [0, 0.1) is 11.8 Å². The third-order valence-corrected chi connectivity index (χ3v) is 6.82. The van der Waals surface area contributed by atoms with Gasteiger partial charge in [-0.05, 0) is 70.3 Å². The molecule has 3 heteroatoms. The van der Waals surface area contributed by atoms with Crippen molar-refractivity contribution >= 4 is 5.97 Å². The number of unbranched alkanes of at least 4 members (excludes halogenated alkanes) is 5. The number of carbonyl (C=O) groups excluding carboxylic acids is 1. The van der Waals surface area contributed by atoms with E-state index in [2.05, 4.69) is 19.2 Å². The standard InChI is InChI=1S/C24H45NO2/c1-3-5-7-9-19-25-22-15-13-21(14-16-22)24(26)27-23-17-11-20(12-18-23)10-8-6-4-2/h20-23,25H,3-19H2,1-2H3. The van der Waals surface area contributed by atoms with Gasteiger partial charge in [-0.1, -0.05) is 58.8 Å². The van der Waals surface area contributed by atoms with Crippen molar-refractivity contribution in [3.05, 3.63) is 0 Å². The Morgan fingerprint density at radius 1 is 0.815 bits per heavy atom. The molecule has 0 aromatic carbocycles. The van der Waals surface area contributed by atoms with Crippen LogP contribution in [0.3, 0.4) is 0 Å². The lowest BCUT2D eigenvalue weighted by atomic mass is 9.83. The van der Waals surface area contributed by atoms with E-state index in [1.54, 1.807) is 0 Å². The SMILES string of the molecule is CCCCCCNC1CCC(C(=O)OC2CCC(CCCCC)CC2)CC1. The summed E-state index contributed by atoms with van der Waals surface area (Å²) in [5.41, 5.74) is 0. The number of hydrogen-bond acceptors (Lipinski definition) is 3. The summed E-state index contributed by atoms with van der Waals surface area (Å²) in [6.07, 6.45) is 19.9. The van der Waals surface area contributed by atoms with E-state index < -0.39 is 0 Å². The van der Waals surface area contributed by atoms with E-state index in [0.717, 1.165) is 51.0 Å². The molecule has 0 amide bonds. The van der Waals surface area contributed by atoms with Crippen LogP contribution in [0.4, 0.5) is 0 Å². The van der Waals surface area contributed by atoms with Crippen molar-refractivity contribution in [1.82, 2.24) is 5.32 Å². The van der Waals surface area contributed by atoms with Gasteiger partial charge in [-0.25, -0.2) is 0 Å². The summed E-state index contributed by atoms with van der Waals surface area (Å²) in [5.74, 6) is 1.14. The topological polar surface area (TPSA) is 38.3 Å². The molecule has 2 aliphatic carbocycles. The zero-order valence-corrected chi connectivity index (χ0v) is 18.1. The van der Waals surface area contributed by atoms with Crippen LogP contribution in [-0.4, -0.2) is 24.7 Å². The molecule has 0 atom stereocenters. The van der Waals surface area contributed by atoms with Gasteiger partial charge < -0.3 is 10.1 Å². The molecule has 2 rings (SSSR count). The Bertz CT molecular complexity index is 382. The van der Waals surface area contributed by atoms with E-state index >= 15 is 0 Å². The van der Waals surface area contributed by atoms with E-state index in [1.807, 2.05) is 0 Å². The van der Waals surface area contributed by atoms with Crippen molar-refractivity contribution in [3.63, 3.8) is 0 Å². The number of carbonyl (C=O) groups is 1. The zero-order valence-electron chi connectivity index (χ0n) is 18.1. The highest BCUT2D eigenvalue weighted by atomic mass is 16.5. The van der Waals surface area contributed by atoms with Crippen molar-refractivity contribution in [2.45, 2.75) is 129 Å². The van der Waals surface area contributed by atoms with E-state index in [1.165, 1.54) is 64.2 Å². The van der Waals surface area contributed by atoms with Gasteiger partial charge in [-0.2, -0.15) is 0 Å². The van der Waals surface area contributed by atoms with Gasteiger partial charge in [0.2, 0.25) is 0 Å². The van der Waals surface area contributed by atoms with Gasteiger partial charge in [-0.15, -0.1) is 0 Å². The van der Waals surface area contributed by atoms with Gasteiger partial charge in [0.1, 0.15) is 6.10 Å². The molecule has 158 valence electrons. The normalized spacial score (nSPS) is 28.8. The Balaban J connectivity index is 1.54. The van der Waals surface area contributed by atoms with Gasteiger partial charge in [0.05, 0.1) is 5.92 Å². The van der Waals surface area contributed by atoms with Crippen LogP contribution >= 0.6 is 0 Å². The summed E-state index contributed by atoms with van der Waals surface area (Å²) in [7, 11) is 0. The van der Waals surface area contributed by atoms with E-state index in [9.17, 15) is 4.79 Å². The molecule has 0 bridgehead atoms. The monoisotopic (exact) mass is 379 g/mol. The molecule has 0 aromatic heterocycles. The van der Waals surface area contributed by atoms with Crippen molar-refractivity contribution < 1.29 is 9.53 Å².